The van der Waals surface area contributed by atoms with E-state index in [-0.39, 0.29) is 23.6 Å². The first-order valence-corrected chi connectivity index (χ1v) is 8.93. The molecule has 3 aliphatic rings. The molecule has 0 bridgehead atoms. The van der Waals surface area contributed by atoms with Gasteiger partial charge in [-0.15, -0.1) is 0 Å². The van der Waals surface area contributed by atoms with Gasteiger partial charge in [0.05, 0.1) is 12.1 Å². The van der Waals surface area contributed by atoms with Gasteiger partial charge in [-0.3, -0.25) is 9.69 Å². The van der Waals surface area contributed by atoms with E-state index in [0.717, 1.165) is 71.1 Å². The predicted octanol–water partition coefficient (Wildman–Crippen LogP) is 0.918. The van der Waals surface area contributed by atoms with E-state index in [0.29, 0.717) is 0 Å². The lowest BCUT2D eigenvalue weighted by Gasteiger charge is -2.46. The molecule has 5 heteroatoms. The van der Waals surface area contributed by atoms with Crippen LogP contribution in [0.15, 0.2) is 0 Å². The second-order valence-electron chi connectivity index (χ2n) is 7.51. The summed E-state index contributed by atoms with van der Waals surface area (Å²) in [7, 11) is 4.07. The second-order valence-corrected chi connectivity index (χ2v) is 7.51. The Morgan fingerprint density at radius 2 is 1.73 bits per heavy atom. The first kappa shape index (κ1) is 16.2. The molecule has 0 aromatic carbocycles. The summed E-state index contributed by atoms with van der Waals surface area (Å²) in [5.74, 6) is 0.264. The fraction of sp³-hybridized carbons (Fsp3) is 0.941. The number of aliphatic hydroxyl groups is 1. The SMILES string of the molecule is CN1CCN(C2(C(=O)N(C)[C@@H]3CCC[C@H]3O)CCCC2)CC1. The summed E-state index contributed by atoms with van der Waals surface area (Å²) in [6.07, 6.45) is 6.76. The van der Waals surface area contributed by atoms with Gasteiger partial charge in [0, 0.05) is 33.2 Å². The number of piperazine rings is 1. The molecular formula is C17H31N3O2. The van der Waals surface area contributed by atoms with Crippen LogP contribution < -0.4 is 0 Å². The summed E-state index contributed by atoms with van der Waals surface area (Å²) in [5, 5.41) is 10.2. The van der Waals surface area contributed by atoms with Crippen molar-refractivity contribution in [1.82, 2.24) is 14.7 Å². The van der Waals surface area contributed by atoms with Gasteiger partial charge in [0.1, 0.15) is 5.54 Å². The maximum absolute atomic E-state index is 13.3. The van der Waals surface area contributed by atoms with Crippen molar-refractivity contribution in [3.05, 3.63) is 0 Å². The molecule has 0 aromatic heterocycles. The highest BCUT2D eigenvalue weighted by Crippen LogP contribution is 2.38. The van der Waals surface area contributed by atoms with Crippen molar-refractivity contribution >= 4 is 5.91 Å². The summed E-state index contributed by atoms with van der Waals surface area (Å²) in [4.78, 5) is 20.0. The number of carbonyl (C=O) groups excluding carboxylic acids is 1. The molecule has 1 heterocycles. The zero-order valence-electron chi connectivity index (χ0n) is 14.1. The average molecular weight is 309 g/mol. The van der Waals surface area contributed by atoms with Gasteiger partial charge in [-0.25, -0.2) is 0 Å². The molecule has 2 atom stereocenters. The zero-order valence-corrected chi connectivity index (χ0v) is 14.1. The van der Waals surface area contributed by atoms with Crippen LogP contribution in [0.2, 0.25) is 0 Å². The third-order valence-corrected chi connectivity index (χ3v) is 6.20. The third-order valence-electron chi connectivity index (χ3n) is 6.20. The van der Waals surface area contributed by atoms with E-state index >= 15 is 0 Å². The number of aliphatic hydroxyl groups excluding tert-OH is 1. The smallest absolute Gasteiger partial charge is 0.243 e. The van der Waals surface area contributed by atoms with Crippen molar-refractivity contribution in [1.29, 1.82) is 0 Å². The van der Waals surface area contributed by atoms with E-state index in [1.165, 1.54) is 0 Å². The number of hydrogen-bond acceptors (Lipinski definition) is 4. The number of hydrogen-bond donors (Lipinski definition) is 1. The van der Waals surface area contributed by atoms with Crippen LogP contribution in [-0.4, -0.2) is 83.7 Å². The van der Waals surface area contributed by atoms with Gasteiger partial charge >= 0.3 is 0 Å². The summed E-state index contributed by atoms with van der Waals surface area (Å²) >= 11 is 0. The Morgan fingerprint density at radius 1 is 1.09 bits per heavy atom. The average Bonchev–Trinajstić information content (AvgIpc) is 3.16. The van der Waals surface area contributed by atoms with E-state index in [9.17, 15) is 9.90 Å². The van der Waals surface area contributed by atoms with Crippen molar-refractivity contribution in [3.8, 4) is 0 Å². The first-order chi connectivity index (χ1) is 10.5. The lowest BCUT2D eigenvalue weighted by Crippen LogP contribution is -2.63. The number of likely N-dealkylation sites (N-methyl/N-ethyl adjacent to an activating group) is 2. The molecule has 2 aliphatic carbocycles. The van der Waals surface area contributed by atoms with E-state index in [2.05, 4.69) is 16.8 Å². The van der Waals surface area contributed by atoms with Crippen molar-refractivity contribution < 1.29 is 9.90 Å². The lowest BCUT2D eigenvalue weighted by atomic mass is 9.91. The second kappa shape index (κ2) is 6.46. The molecule has 0 aromatic rings. The van der Waals surface area contributed by atoms with Gasteiger partial charge in [-0.05, 0) is 39.2 Å². The van der Waals surface area contributed by atoms with Gasteiger partial charge < -0.3 is 14.9 Å². The van der Waals surface area contributed by atoms with Gasteiger partial charge in [-0.1, -0.05) is 12.8 Å². The highest BCUT2D eigenvalue weighted by molar-refractivity contribution is 5.87. The summed E-state index contributed by atoms with van der Waals surface area (Å²) in [5.41, 5.74) is -0.293. The minimum absolute atomic E-state index is 0.0254. The minimum atomic E-state index is -0.333. The predicted molar refractivity (Wildman–Crippen MR) is 86.7 cm³/mol. The van der Waals surface area contributed by atoms with Crippen LogP contribution in [-0.2, 0) is 4.79 Å². The first-order valence-electron chi connectivity index (χ1n) is 8.93. The van der Waals surface area contributed by atoms with Crippen LogP contribution in [0.25, 0.3) is 0 Å². The quantitative estimate of drug-likeness (QED) is 0.842. The lowest BCUT2D eigenvalue weighted by molar-refractivity contribution is -0.148. The van der Waals surface area contributed by atoms with Crippen LogP contribution in [0.5, 0.6) is 0 Å². The van der Waals surface area contributed by atoms with Crippen LogP contribution in [0.3, 0.4) is 0 Å². The topological polar surface area (TPSA) is 47.0 Å². The molecule has 1 N–H and O–H groups in total. The normalized spacial score (nSPS) is 33.2. The minimum Gasteiger partial charge on any atom is -0.391 e. The van der Waals surface area contributed by atoms with Crippen molar-refractivity contribution in [2.24, 2.45) is 0 Å². The molecule has 5 nitrogen and oxygen atoms in total. The van der Waals surface area contributed by atoms with Gasteiger partial charge in [-0.2, -0.15) is 0 Å². The maximum atomic E-state index is 13.3. The highest BCUT2D eigenvalue weighted by Gasteiger charge is 2.49. The van der Waals surface area contributed by atoms with Crippen LogP contribution in [0.1, 0.15) is 44.9 Å². The fourth-order valence-corrected chi connectivity index (χ4v) is 4.71. The van der Waals surface area contributed by atoms with Crippen molar-refractivity contribution in [2.45, 2.75) is 62.6 Å². The van der Waals surface area contributed by atoms with Crippen molar-refractivity contribution in [2.75, 3.05) is 40.3 Å². The van der Waals surface area contributed by atoms with Gasteiger partial charge in [0.25, 0.3) is 0 Å². The largest absolute Gasteiger partial charge is 0.391 e. The molecule has 3 rings (SSSR count). The molecule has 2 saturated carbocycles. The number of carbonyl (C=O) groups is 1. The molecule has 0 unspecified atom stereocenters. The standard InChI is InChI=1S/C17H31N3O2/c1-18-10-12-20(13-11-18)17(8-3-4-9-17)16(22)19(2)14-6-5-7-15(14)21/h14-15,21H,3-13H2,1-2H3/t14-,15-/m1/s1. The van der Waals surface area contributed by atoms with Crippen molar-refractivity contribution in [3.63, 3.8) is 0 Å². The third kappa shape index (κ3) is 2.79. The summed E-state index contributed by atoms with van der Waals surface area (Å²) < 4.78 is 0. The Kier molecular flexibility index (Phi) is 4.76. The van der Waals surface area contributed by atoms with Crippen LogP contribution in [0.4, 0.5) is 0 Å². The zero-order chi connectivity index (χ0) is 15.7. The van der Waals surface area contributed by atoms with Crippen LogP contribution in [0, 0.1) is 0 Å². The number of rotatable bonds is 3. The van der Waals surface area contributed by atoms with E-state index in [1.54, 1.807) is 0 Å². The Bertz CT molecular complexity index is 401. The molecule has 0 spiro atoms. The van der Waals surface area contributed by atoms with E-state index in [1.807, 2.05) is 11.9 Å². The molecule has 126 valence electrons. The highest BCUT2D eigenvalue weighted by atomic mass is 16.3. The number of nitrogens with zero attached hydrogens (tertiary/aromatic N) is 3. The van der Waals surface area contributed by atoms with Gasteiger partial charge in [0.2, 0.25) is 5.91 Å². The van der Waals surface area contributed by atoms with E-state index in [4.69, 9.17) is 0 Å². The molecule has 0 radical (unpaired) electrons. The monoisotopic (exact) mass is 309 g/mol. The molecule has 1 saturated heterocycles. The molecule has 3 fully saturated rings. The fourth-order valence-electron chi connectivity index (χ4n) is 4.71. The molecule has 1 aliphatic heterocycles. The Morgan fingerprint density at radius 3 is 2.27 bits per heavy atom. The summed E-state index contributed by atoms with van der Waals surface area (Å²) in [6.45, 7) is 4.07. The maximum Gasteiger partial charge on any atom is 0.243 e. The van der Waals surface area contributed by atoms with Gasteiger partial charge in [0.15, 0.2) is 0 Å². The Hall–Kier alpha value is -0.650. The molecular weight excluding hydrogens is 278 g/mol. The molecule has 1 amide bonds. The summed E-state index contributed by atoms with van der Waals surface area (Å²) in [6, 6.07) is 0.0254. The number of amides is 1. The van der Waals surface area contributed by atoms with E-state index < -0.39 is 0 Å². The Labute approximate surface area is 134 Å². The Balaban J connectivity index is 1.76. The van der Waals surface area contributed by atoms with Crippen LogP contribution >= 0.6 is 0 Å². The molecule has 22 heavy (non-hydrogen) atoms.